The molecule has 2 rings (SSSR count). The van der Waals surface area contributed by atoms with Crippen molar-refractivity contribution in [2.45, 2.75) is 19.9 Å². The fraction of sp³-hybridized carbons (Fsp3) is 0.714. The average Bonchev–Trinajstić information content (AvgIpc) is 2.90. The number of carbonyl (C=O) groups is 1. The molecule has 0 aromatic carbocycles. The number of hydrogen-bond acceptors (Lipinski definition) is 4. The summed E-state index contributed by atoms with van der Waals surface area (Å²) < 4.78 is 2.00. The van der Waals surface area contributed by atoms with Crippen molar-refractivity contribution in [2.75, 3.05) is 39.3 Å². The van der Waals surface area contributed by atoms with Crippen LogP contribution in [0.25, 0.3) is 0 Å². The molecule has 1 aromatic rings. The third-order valence-electron chi connectivity index (χ3n) is 3.97. The number of aromatic nitrogens is 2. The number of nitrogens with one attached hydrogen (secondary N) is 1. The van der Waals surface area contributed by atoms with Crippen LogP contribution >= 0.6 is 24.8 Å². The number of aryl methyl sites for hydroxylation is 1. The van der Waals surface area contributed by atoms with Crippen molar-refractivity contribution in [3.05, 3.63) is 18.2 Å². The minimum atomic E-state index is 0. The predicted octanol–water partition coefficient (Wildman–Crippen LogP) is 1.08. The number of rotatable bonds is 5. The van der Waals surface area contributed by atoms with Crippen LogP contribution in [-0.2, 0) is 11.8 Å². The quantitative estimate of drug-likeness (QED) is 0.862. The number of carbonyl (C=O) groups excluding carboxylic acids is 1. The van der Waals surface area contributed by atoms with Gasteiger partial charge in [-0.15, -0.1) is 24.8 Å². The average molecular weight is 352 g/mol. The molecule has 0 saturated carbocycles. The lowest BCUT2D eigenvalue weighted by Crippen LogP contribution is -2.52. The zero-order chi connectivity index (χ0) is 14.5. The standard InChI is InChI=1S/C14H25N5O.2ClH/c1-4-18(5-2)11-13(20)19-9-6-15-10-12(19)14-16-7-8-17(14)3;;/h7-8,12,15H,4-6,9-11H2,1-3H3;2*1H. The maximum absolute atomic E-state index is 12.6. The number of likely N-dealkylation sites (N-methyl/N-ethyl adjacent to an activating group) is 1. The normalized spacial score (nSPS) is 17.8. The Morgan fingerprint density at radius 3 is 2.64 bits per heavy atom. The Kier molecular flexibility index (Phi) is 9.67. The van der Waals surface area contributed by atoms with Crippen molar-refractivity contribution in [3.63, 3.8) is 0 Å². The molecule has 1 amide bonds. The summed E-state index contributed by atoms with van der Waals surface area (Å²) >= 11 is 0. The monoisotopic (exact) mass is 351 g/mol. The molecule has 2 heterocycles. The Morgan fingerprint density at radius 2 is 2.09 bits per heavy atom. The van der Waals surface area contributed by atoms with Crippen LogP contribution in [-0.4, -0.2) is 64.5 Å². The van der Waals surface area contributed by atoms with E-state index in [0.29, 0.717) is 6.54 Å². The summed E-state index contributed by atoms with van der Waals surface area (Å²) in [5, 5.41) is 3.36. The van der Waals surface area contributed by atoms with Crippen LogP contribution in [0.2, 0.25) is 0 Å². The number of piperazine rings is 1. The van der Waals surface area contributed by atoms with Gasteiger partial charge in [-0.05, 0) is 13.1 Å². The van der Waals surface area contributed by atoms with Crippen molar-refractivity contribution in [1.82, 2.24) is 24.7 Å². The third kappa shape index (κ3) is 4.84. The Labute approximate surface area is 145 Å². The molecule has 0 spiro atoms. The van der Waals surface area contributed by atoms with Crippen molar-refractivity contribution in [2.24, 2.45) is 7.05 Å². The lowest BCUT2D eigenvalue weighted by atomic mass is 10.1. The molecule has 8 heteroatoms. The van der Waals surface area contributed by atoms with Crippen molar-refractivity contribution < 1.29 is 4.79 Å². The molecule has 0 aliphatic carbocycles. The van der Waals surface area contributed by atoms with Gasteiger partial charge in [0.25, 0.3) is 0 Å². The maximum atomic E-state index is 12.6. The van der Waals surface area contributed by atoms with Gasteiger partial charge in [0.05, 0.1) is 6.54 Å². The molecule has 1 aromatic heterocycles. The van der Waals surface area contributed by atoms with Crippen LogP contribution in [0.3, 0.4) is 0 Å². The van der Waals surface area contributed by atoms with E-state index in [1.807, 2.05) is 22.7 Å². The van der Waals surface area contributed by atoms with Crippen LogP contribution in [0.4, 0.5) is 0 Å². The van der Waals surface area contributed by atoms with Gasteiger partial charge in [0, 0.05) is 39.1 Å². The van der Waals surface area contributed by atoms with Gasteiger partial charge in [0.2, 0.25) is 5.91 Å². The van der Waals surface area contributed by atoms with E-state index in [1.165, 1.54) is 0 Å². The zero-order valence-electron chi connectivity index (χ0n) is 13.5. The van der Waals surface area contributed by atoms with E-state index >= 15 is 0 Å². The molecular weight excluding hydrogens is 325 g/mol. The number of nitrogens with zero attached hydrogens (tertiary/aromatic N) is 4. The molecule has 1 aliphatic rings. The van der Waals surface area contributed by atoms with Gasteiger partial charge in [-0.2, -0.15) is 0 Å². The van der Waals surface area contributed by atoms with Crippen LogP contribution in [0.5, 0.6) is 0 Å². The Balaban J connectivity index is 0.00000220. The lowest BCUT2D eigenvalue weighted by molar-refractivity contribution is -0.136. The molecule has 1 N–H and O–H groups in total. The molecule has 0 bridgehead atoms. The first kappa shape index (κ1) is 21.2. The van der Waals surface area contributed by atoms with E-state index in [4.69, 9.17) is 0 Å². The number of halogens is 2. The van der Waals surface area contributed by atoms with Crippen molar-refractivity contribution in [1.29, 1.82) is 0 Å². The van der Waals surface area contributed by atoms with Gasteiger partial charge in [0.1, 0.15) is 11.9 Å². The second-order valence-electron chi connectivity index (χ2n) is 5.16. The SMILES string of the molecule is CCN(CC)CC(=O)N1CCNCC1c1nccn1C.Cl.Cl. The predicted molar refractivity (Wildman–Crippen MR) is 92.8 cm³/mol. The van der Waals surface area contributed by atoms with E-state index < -0.39 is 0 Å². The number of hydrogen-bond donors (Lipinski definition) is 1. The van der Waals surface area contributed by atoms with E-state index in [1.54, 1.807) is 6.20 Å². The van der Waals surface area contributed by atoms with Crippen LogP contribution in [0.15, 0.2) is 12.4 Å². The van der Waals surface area contributed by atoms with E-state index in [0.717, 1.165) is 38.5 Å². The lowest BCUT2D eigenvalue weighted by Gasteiger charge is -2.36. The summed E-state index contributed by atoms with van der Waals surface area (Å²) in [5.74, 6) is 1.15. The molecule has 1 unspecified atom stereocenters. The Bertz CT molecular complexity index is 450. The molecule has 1 fully saturated rings. The minimum Gasteiger partial charge on any atom is -0.336 e. The molecular formula is C14H27Cl2N5O. The highest BCUT2D eigenvalue weighted by Gasteiger charge is 2.30. The summed E-state index contributed by atoms with van der Waals surface area (Å²) in [6.07, 6.45) is 3.72. The van der Waals surface area contributed by atoms with Crippen molar-refractivity contribution in [3.8, 4) is 0 Å². The highest BCUT2D eigenvalue weighted by atomic mass is 35.5. The second kappa shape index (κ2) is 10.0. The molecule has 22 heavy (non-hydrogen) atoms. The fourth-order valence-corrected chi connectivity index (χ4v) is 2.66. The largest absolute Gasteiger partial charge is 0.336 e. The Morgan fingerprint density at radius 1 is 1.41 bits per heavy atom. The van der Waals surface area contributed by atoms with Gasteiger partial charge in [-0.25, -0.2) is 4.98 Å². The van der Waals surface area contributed by atoms with E-state index in [-0.39, 0.29) is 36.8 Å². The number of imidazole rings is 1. The van der Waals surface area contributed by atoms with Gasteiger partial charge in [-0.3, -0.25) is 9.69 Å². The van der Waals surface area contributed by atoms with E-state index in [9.17, 15) is 4.79 Å². The maximum Gasteiger partial charge on any atom is 0.237 e. The van der Waals surface area contributed by atoms with Crippen LogP contribution < -0.4 is 5.32 Å². The Hall–Kier alpha value is -0.820. The highest BCUT2D eigenvalue weighted by molar-refractivity contribution is 5.85. The van der Waals surface area contributed by atoms with Crippen molar-refractivity contribution >= 4 is 30.7 Å². The third-order valence-corrected chi connectivity index (χ3v) is 3.97. The molecule has 128 valence electrons. The molecule has 0 radical (unpaired) electrons. The summed E-state index contributed by atoms with van der Waals surface area (Å²) in [5.41, 5.74) is 0. The highest BCUT2D eigenvalue weighted by Crippen LogP contribution is 2.20. The topological polar surface area (TPSA) is 53.4 Å². The summed E-state index contributed by atoms with van der Waals surface area (Å²) in [6, 6.07) is 0.0341. The fourth-order valence-electron chi connectivity index (χ4n) is 2.66. The first-order chi connectivity index (χ1) is 9.67. The first-order valence-corrected chi connectivity index (χ1v) is 7.37. The first-order valence-electron chi connectivity index (χ1n) is 7.37. The van der Waals surface area contributed by atoms with Gasteiger partial charge >= 0.3 is 0 Å². The molecule has 6 nitrogen and oxygen atoms in total. The molecule has 1 saturated heterocycles. The van der Waals surface area contributed by atoms with Gasteiger partial charge in [0.15, 0.2) is 0 Å². The van der Waals surface area contributed by atoms with Crippen LogP contribution in [0.1, 0.15) is 25.7 Å². The summed E-state index contributed by atoms with van der Waals surface area (Å²) in [6.45, 7) is 8.85. The summed E-state index contributed by atoms with van der Waals surface area (Å²) in [4.78, 5) is 21.1. The smallest absolute Gasteiger partial charge is 0.237 e. The summed E-state index contributed by atoms with van der Waals surface area (Å²) in [7, 11) is 1.98. The number of amides is 1. The van der Waals surface area contributed by atoms with E-state index in [2.05, 4.69) is 29.0 Å². The minimum absolute atomic E-state index is 0. The molecule has 1 atom stereocenters. The van der Waals surface area contributed by atoms with Gasteiger partial charge in [-0.1, -0.05) is 13.8 Å². The zero-order valence-corrected chi connectivity index (χ0v) is 15.1. The van der Waals surface area contributed by atoms with Gasteiger partial charge < -0.3 is 14.8 Å². The second-order valence-corrected chi connectivity index (χ2v) is 5.16. The van der Waals surface area contributed by atoms with Crippen LogP contribution in [0, 0.1) is 0 Å². The molecule has 1 aliphatic heterocycles.